The molecular weight excluding hydrogens is 346 g/mol. The van der Waals surface area contributed by atoms with Gasteiger partial charge in [-0.15, -0.1) is 0 Å². The summed E-state index contributed by atoms with van der Waals surface area (Å²) in [4.78, 5) is 15.0. The Morgan fingerprint density at radius 1 is 1.07 bits per heavy atom. The molecule has 0 unspecified atom stereocenters. The number of anilines is 1. The number of hydrogen-bond acceptors (Lipinski definition) is 3. The number of piperidine rings is 1. The van der Waals surface area contributed by atoms with E-state index in [1.54, 1.807) is 0 Å². The lowest BCUT2D eigenvalue weighted by Gasteiger charge is -2.29. The molecule has 2 aromatic rings. The van der Waals surface area contributed by atoms with Crippen molar-refractivity contribution in [1.82, 2.24) is 4.90 Å². The minimum Gasteiger partial charge on any atom is -0.325 e. The lowest BCUT2D eigenvalue weighted by molar-refractivity contribution is 0.102. The molecule has 0 spiro atoms. The van der Waals surface area contributed by atoms with Crippen LogP contribution in [-0.4, -0.2) is 36.5 Å². The molecule has 1 amide bonds. The molecule has 0 bridgehead atoms. The molecule has 2 fully saturated rings. The summed E-state index contributed by atoms with van der Waals surface area (Å²) in [5.74, 6) is 1.01. The third kappa shape index (κ3) is 3.98. The van der Waals surface area contributed by atoms with Crippen LogP contribution in [0.1, 0.15) is 65.9 Å². The number of amides is 1. The van der Waals surface area contributed by atoms with Crippen LogP contribution in [0.3, 0.4) is 0 Å². The number of nitrogens with zero attached hydrogens (tertiary/aromatic N) is 1. The maximum absolute atomic E-state index is 12.6. The average molecular weight is 378 g/mol. The molecule has 4 nitrogen and oxygen atoms in total. The van der Waals surface area contributed by atoms with E-state index in [4.69, 9.17) is 5.73 Å². The fourth-order valence-corrected chi connectivity index (χ4v) is 4.41. The van der Waals surface area contributed by atoms with Crippen LogP contribution in [0.5, 0.6) is 0 Å². The Bertz CT molecular complexity index is 822. The molecule has 0 radical (unpaired) electrons. The summed E-state index contributed by atoms with van der Waals surface area (Å²) in [5.41, 5.74) is 10.4. The number of likely N-dealkylation sites (tertiary alicyclic amines) is 1. The van der Waals surface area contributed by atoms with Crippen molar-refractivity contribution in [3.63, 3.8) is 0 Å². The molecule has 3 N–H and O–H groups in total. The summed E-state index contributed by atoms with van der Waals surface area (Å²) in [7, 11) is 2.18. The van der Waals surface area contributed by atoms with Gasteiger partial charge in [-0.3, -0.25) is 4.79 Å². The van der Waals surface area contributed by atoms with Gasteiger partial charge in [0, 0.05) is 22.7 Å². The third-order valence-corrected chi connectivity index (χ3v) is 6.71. The van der Waals surface area contributed by atoms with Crippen molar-refractivity contribution in [3.05, 3.63) is 65.2 Å². The SMILES string of the molecule is CC[C@@]1(N)C[C@H]1c1ccc(NC(=O)c2ccc(C3CCN(C)CC3)cc2)cc1. The van der Waals surface area contributed by atoms with Crippen LogP contribution < -0.4 is 11.1 Å². The molecule has 4 heteroatoms. The van der Waals surface area contributed by atoms with Crippen molar-refractivity contribution < 1.29 is 4.79 Å². The van der Waals surface area contributed by atoms with Gasteiger partial charge in [0.1, 0.15) is 0 Å². The van der Waals surface area contributed by atoms with Gasteiger partial charge in [-0.1, -0.05) is 31.2 Å². The van der Waals surface area contributed by atoms with E-state index in [9.17, 15) is 4.79 Å². The van der Waals surface area contributed by atoms with Crippen LogP contribution in [-0.2, 0) is 0 Å². The Hall–Kier alpha value is -2.17. The molecule has 1 heterocycles. The van der Waals surface area contributed by atoms with Gasteiger partial charge >= 0.3 is 0 Å². The first kappa shape index (κ1) is 19.2. The van der Waals surface area contributed by atoms with Crippen molar-refractivity contribution in [2.45, 2.75) is 50.0 Å². The van der Waals surface area contributed by atoms with Gasteiger partial charge in [0.05, 0.1) is 0 Å². The quantitative estimate of drug-likeness (QED) is 0.815. The highest BCUT2D eigenvalue weighted by Gasteiger charge is 2.49. The van der Waals surface area contributed by atoms with E-state index in [-0.39, 0.29) is 11.4 Å². The highest BCUT2D eigenvalue weighted by atomic mass is 16.1. The van der Waals surface area contributed by atoms with E-state index in [1.807, 2.05) is 24.3 Å². The van der Waals surface area contributed by atoms with Gasteiger partial charge in [-0.2, -0.15) is 0 Å². The Labute approximate surface area is 168 Å². The van der Waals surface area contributed by atoms with Gasteiger partial charge in [0.2, 0.25) is 0 Å². The maximum Gasteiger partial charge on any atom is 0.255 e. The molecule has 4 rings (SSSR count). The Morgan fingerprint density at radius 2 is 1.68 bits per heavy atom. The summed E-state index contributed by atoms with van der Waals surface area (Å²) in [6.07, 6.45) is 4.44. The fraction of sp³-hybridized carbons (Fsp3) is 0.458. The first-order valence-electron chi connectivity index (χ1n) is 10.5. The highest BCUT2D eigenvalue weighted by Crippen LogP contribution is 2.51. The van der Waals surface area contributed by atoms with Gasteiger partial charge < -0.3 is 16.0 Å². The molecule has 1 aliphatic heterocycles. The van der Waals surface area contributed by atoms with E-state index < -0.39 is 0 Å². The summed E-state index contributed by atoms with van der Waals surface area (Å²) in [5, 5.41) is 3.01. The standard InChI is InChI=1S/C24H31N3O/c1-3-24(25)16-22(24)19-8-10-21(11-9-19)26-23(28)20-6-4-17(5-7-20)18-12-14-27(2)15-13-18/h4-11,18,22H,3,12-16,25H2,1-2H3,(H,26,28)/t22-,24+/m0/s1. The van der Waals surface area contributed by atoms with Crippen LogP contribution in [0.15, 0.2) is 48.5 Å². The van der Waals surface area contributed by atoms with Gasteiger partial charge in [-0.05, 0) is 87.1 Å². The predicted molar refractivity (Wildman–Crippen MR) is 115 cm³/mol. The van der Waals surface area contributed by atoms with E-state index in [2.05, 4.69) is 48.5 Å². The maximum atomic E-state index is 12.6. The van der Waals surface area contributed by atoms with Gasteiger partial charge in [-0.25, -0.2) is 0 Å². The Kier molecular flexibility index (Phi) is 5.26. The zero-order chi connectivity index (χ0) is 19.7. The molecular formula is C24H31N3O. The zero-order valence-electron chi connectivity index (χ0n) is 16.9. The zero-order valence-corrected chi connectivity index (χ0v) is 16.9. The second-order valence-electron chi connectivity index (χ2n) is 8.62. The molecule has 2 aliphatic rings. The highest BCUT2D eigenvalue weighted by molar-refractivity contribution is 6.04. The van der Waals surface area contributed by atoms with Crippen LogP contribution in [0.4, 0.5) is 5.69 Å². The number of benzene rings is 2. The van der Waals surface area contributed by atoms with E-state index in [0.717, 1.165) is 31.6 Å². The smallest absolute Gasteiger partial charge is 0.255 e. The van der Waals surface area contributed by atoms with Crippen LogP contribution in [0, 0.1) is 0 Å². The number of hydrogen-bond donors (Lipinski definition) is 2. The lowest BCUT2D eigenvalue weighted by atomic mass is 9.89. The van der Waals surface area contributed by atoms with Crippen molar-refractivity contribution in [2.24, 2.45) is 5.73 Å². The van der Waals surface area contributed by atoms with Crippen LogP contribution in [0.2, 0.25) is 0 Å². The average Bonchev–Trinajstić information content (AvgIpc) is 3.41. The number of nitrogens with one attached hydrogen (secondary N) is 1. The van der Waals surface area contributed by atoms with Gasteiger partial charge in [0.25, 0.3) is 5.91 Å². The summed E-state index contributed by atoms with van der Waals surface area (Å²) >= 11 is 0. The first-order valence-corrected chi connectivity index (χ1v) is 10.5. The third-order valence-electron chi connectivity index (χ3n) is 6.71. The minimum atomic E-state index is -0.0594. The fourth-order valence-electron chi connectivity index (χ4n) is 4.41. The van der Waals surface area contributed by atoms with Crippen molar-refractivity contribution in [2.75, 3.05) is 25.5 Å². The monoisotopic (exact) mass is 377 g/mol. The first-order chi connectivity index (χ1) is 13.5. The summed E-state index contributed by atoms with van der Waals surface area (Å²) in [6.45, 7) is 4.44. The molecule has 2 atom stereocenters. The lowest BCUT2D eigenvalue weighted by Crippen LogP contribution is -2.29. The van der Waals surface area contributed by atoms with Gasteiger partial charge in [0.15, 0.2) is 0 Å². The number of nitrogens with two attached hydrogens (primary N) is 1. The normalized spacial score (nSPS) is 25.5. The molecule has 28 heavy (non-hydrogen) atoms. The predicted octanol–water partition coefficient (Wildman–Crippen LogP) is 4.34. The van der Waals surface area contributed by atoms with E-state index in [0.29, 0.717) is 17.4 Å². The van der Waals surface area contributed by atoms with E-state index >= 15 is 0 Å². The molecule has 1 saturated heterocycles. The molecule has 0 aromatic heterocycles. The number of rotatable bonds is 5. The van der Waals surface area contributed by atoms with Crippen molar-refractivity contribution in [3.8, 4) is 0 Å². The molecule has 2 aromatic carbocycles. The number of carbonyl (C=O) groups is 1. The Morgan fingerprint density at radius 3 is 2.25 bits per heavy atom. The molecule has 1 aliphatic carbocycles. The van der Waals surface area contributed by atoms with E-state index in [1.165, 1.54) is 24.0 Å². The summed E-state index contributed by atoms with van der Waals surface area (Å²) < 4.78 is 0. The van der Waals surface area contributed by atoms with Crippen molar-refractivity contribution in [1.29, 1.82) is 0 Å². The molecule has 148 valence electrons. The second-order valence-corrected chi connectivity index (χ2v) is 8.62. The largest absolute Gasteiger partial charge is 0.325 e. The Balaban J connectivity index is 1.36. The second kappa shape index (κ2) is 7.69. The minimum absolute atomic E-state index is 0.0275. The van der Waals surface area contributed by atoms with Crippen LogP contribution in [0.25, 0.3) is 0 Å². The number of carbonyl (C=O) groups excluding carboxylic acids is 1. The van der Waals surface area contributed by atoms with Crippen LogP contribution >= 0.6 is 0 Å². The van der Waals surface area contributed by atoms with Crippen molar-refractivity contribution >= 4 is 11.6 Å². The topological polar surface area (TPSA) is 58.4 Å². The molecule has 1 saturated carbocycles. The summed E-state index contributed by atoms with van der Waals surface area (Å²) in [6, 6.07) is 16.3.